The number of halogens is 1. The molecule has 1 heterocycles. The van der Waals surface area contributed by atoms with E-state index in [1.54, 1.807) is 36.0 Å². The van der Waals surface area contributed by atoms with Crippen molar-refractivity contribution in [3.63, 3.8) is 0 Å². The van der Waals surface area contributed by atoms with Gasteiger partial charge in [0.2, 0.25) is 0 Å². The van der Waals surface area contributed by atoms with Crippen molar-refractivity contribution in [1.82, 2.24) is 9.55 Å². The van der Waals surface area contributed by atoms with Crippen LogP contribution in [0, 0.1) is 0 Å². The van der Waals surface area contributed by atoms with E-state index in [9.17, 15) is 4.79 Å². The molecule has 112 valence electrons. The first-order valence-electron chi connectivity index (χ1n) is 6.60. The Morgan fingerprint density at radius 2 is 2.33 bits per heavy atom. The minimum absolute atomic E-state index is 0.0423. The zero-order chi connectivity index (χ0) is 15.2. The molecule has 0 bridgehead atoms. The third-order valence-electron chi connectivity index (χ3n) is 2.94. The van der Waals surface area contributed by atoms with Gasteiger partial charge in [0.05, 0.1) is 10.9 Å². The SMILES string of the molecule is C=CCSc1nc2cc(Cl)ccc2c(=O)n1CCCOC. The summed E-state index contributed by atoms with van der Waals surface area (Å²) in [6, 6.07) is 5.15. The largest absolute Gasteiger partial charge is 0.385 e. The molecule has 0 saturated carbocycles. The van der Waals surface area contributed by atoms with Gasteiger partial charge < -0.3 is 4.74 Å². The van der Waals surface area contributed by atoms with Crippen LogP contribution in [0.1, 0.15) is 6.42 Å². The molecule has 0 fully saturated rings. The van der Waals surface area contributed by atoms with Gasteiger partial charge in [0.1, 0.15) is 0 Å². The van der Waals surface area contributed by atoms with Crippen LogP contribution in [0.4, 0.5) is 0 Å². The fraction of sp³-hybridized carbons (Fsp3) is 0.333. The van der Waals surface area contributed by atoms with Crippen molar-refractivity contribution in [3.05, 3.63) is 46.2 Å². The normalized spacial score (nSPS) is 11.0. The molecule has 0 saturated heterocycles. The number of benzene rings is 1. The predicted molar refractivity (Wildman–Crippen MR) is 88.4 cm³/mol. The molecule has 4 nitrogen and oxygen atoms in total. The highest BCUT2D eigenvalue weighted by atomic mass is 35.5. The third-order valence-corrected chi connectivity index (χ3v) is 4.15. The quantitative estimate of drug-likeness (QED) is 0.339. The molecule has 0 spiro atoms. The molecule has 0 atom stereocenters. The summed E-state index contributed by atoms with van der Waals surface area (Å²) in [5, 5.41) is 1.84. The van der Waals surface area contributed by atoms with E-state index in [2.05, 4.69) is 11.6 Å². The molecule has 0 aliphatic rings. The topological polar surface area (TPSA) is 44.1 Å². The van der Waals surface area contributed by atoms with Gasteiger partial charge in [-0.15, -0.1) is 6.58 Å². The molecule has 2 rings (SSSR count). The minimum Gasteiger partial charge on any atom is -0.385 e. The zero-order valence-corrected chi connectivity index (χ0v) is 13.4. The Morgan fingerprint density at radius 1 is 1.52 bits per heavy atom. The Bertz CT molecular complexity index is 700. The summed E-state index contributed by atoms with van der Waals surface area (Å²) in [6.45, 7) is 4.89. The molecular weight excluding hydrogens is 308 g/mol. The molecule has 0 aliphatic carbocycles. The first-order valence-corrected chi connectivity index (χ1v) is 7.96. The minimum atomic E-state index is -0.0423. The maximum absolute atomic E-state index is 12.6. The molecular formula is C15H17ClN2O2S. The molecule has 0 radical (unpaired) electrons. The number of nitrogens with zero attached hydrogens (tertiary/aromatic N) is 2. The van der Waals surface area contributed by atoms with Gasteiger partial charge in [-0.3, -0.25) is 9.36 Å². The Labute approximate surface area is 132 Å². The van der Waals surface area contributed by atoms with Crippen LogP contribution >= 0.6 is 23.4 Å². The van der Waals surface area contributed by atoms with Crippen LogP contribution < -0.4 is 5.56 Å². The highest BCUT2D eigenvalue weighted by Crippen LogP contribution is 2.20. The average molecular weight is 325 g/mol. The number of methoxy groups -OCH3 is 1. The van der Waals surface area contributed by atoms with Crippen LogP contribution in [0.2, 0.25) is 5.02 Å². The molecule has 1 aromatic carbocycles. The predicted octanol–water partition coefficient (Wildman–Crippen LogP) is 3.36. The van der Waals surface area contributed by atoms with Gasteiger partial charge in [0.15, 0.2) is 5.16 Å². The highest BCUT2D eigenvalue weighted by Gasteiger charge is 2.11. The van der Waals surface area contributed by atoms with Gasteiger partial charge in [-0.2, -0.15) is 0 Å². The van der Waals surface area contributed by atoms with Gasteiger partial charge in [0, 0.05) is 31.0 Å². The van der Waals surface area contributed by atoms with Gasteiger partial charge in [-0.05, 0) is 24.6 Å². The average Bonchev–Trinajstić information content (AvgIpc) is 2.47. The van der Waals surface area contributed by atoms with Gasteiger partial charge in [-0.25, -0.2) is 4.98 Å². The summed E-state index contributed by atoms with van der Waals surface area (Å²) < 4.78 is 6.75. The van der Waals surface area contributed by atoms with Crippen LogP contribution in [0.15, 0.2) is 40.8 Å². The molecule has 6 heteroatoms. The molecule has 0 N–H and O–H groups in total. The van der Waals surface area contributed by atoms with Crippen molar-refractivity contribution in [1.29, 1.82) is 0 Å². The molecule has 1 aromatic heterocycles. The lowest BCUT2D eigenvalue weighted by molar-refractivity contribution is 0.189. The van der Waals surface area contributed by atoms with E-state index >= 15 is 0 Å². The number of aromatic nitrogens is 2. The zero-order valence-electron chi connectivity index (χ0n) is 11.8. The lowest BCUT2D eigenvalue weighted by atomic mass is 10.2. The fourth-order valence-electron chi connectivity index (χ4n) is 1.98. The number of hydrogen-bond donors (Lipinski definition) is 0. The van der Waals surface area contributed by atoms with E-state index in [0.717, 1.165) is 6.42 Å². The summed E-state index contributed by atoms with van der Waals surface area (Å²) in [5.41, 5.74) is 0.585. The summed E-state index contributed by atoms with van der Waals surface area (Å²) >= 11 is 7.47. The van der Waals surface area contributed by atoms with Crippen molar-refractivity contribution in [3.8, 4) is 0 Å². The van der Waals surface area contributed by atoms with E-state index in [0.29, 0.717) is 40.0 Å². The standard InChI is InChI=1S/C15H17ClN2O2S/c1-3-9-21-15-17-13-10-11(16)5-6-12(13)14(19)18(15)7-4-8-20-2/h3,5-6,10H,1,4,7-9H2,2H3. The van der Waals surface area contributed by atoms with Crippen molar-refractivity contribution in [2.45, 2.75) is 18.1 Å². The Balaban J connectivity index is 2.50. The second kappa shape index (κ2) is 7.64. The molecule has 0 unspecified atom stereocenters. The maximum atomic E-state index is 12.6. The Hall–Kier alpha value is -1.30. The van der Waals surface area contributed by atoms with Crippen molar-refractivity contribution in [2.24, 2.45) is 0 Å². The van der Waals surface area contributed by atoms with Crippen LogP contribution in [0.3, 0.4) is 0 Å². The summed E-state index contributed by atoms with van der Waals surface area (Å²) in [6.07, 6.45) is 2.55. The monoisotopic (exact) mass is 324 g/mol. The summed E-state index contributed by atoms with van der Waals surface area (Å²) in [5.74, 6) is 0.697. The molecule has 0 aliphatic heterocycles. The van der Waals surface area contributed by atoms with Crippen LogP contribution in [-0.4, -0.2) is 29.0 Å². The van der Waals surface area contributed by atoms with Crippen LogP contribution in [0.25, 0.3) is 10.9 Å². The number of rotatable bonds is 7. The second-order valence-electron chi connectivity index (χ2n) is 4.46. The molecule has 0 amide bonds. The highest BCUT2D eigenvalue weighted by molar-refractivity contribution is 7.99. The first-order chi connectivity index (χ1) is 10.2. The van der Waals surface area contributed by atoms with E-state index < -0.39 is 0 Å². The van der Waals surface area contributed by atoms with Crippen LogP contribution in [-0.2, 0) is 11.3 Å². The number of ether oxygens (including phenoxy) is 1. The number of thioether (sulfide) groups is 1. The maximum Gasteiger partial charge on any atom is 0.262 e. The van der Waals surface area contributed by atoms with Crippen LogP contribution in [0.5, 0.6) is 0 Å². The fourth-order valence-corrected chi connectivity index (χ4v) is 2.91. The third kappa shape index (κ3) is 3.87. The van der Waals surface area contributed by atoms with Crippen molar-refractivity contribution < 1.29 is 4.74 Å². The van der Waals surface area contributed by atoms with Crippen molar-refractivity contribution >= 4 is 34.3 Å². The molecule has 2 aromatic rings. The second-order valence-corrected chi connectivity index (χ2v) is 5.88. The summed E-state index contributed by atoms with van der Waals surface area (Å²) in [4.78, 5) is 17.2. The van der Waals surface area contributed by atoms with Gasteiger partial charge in [-0.1, -0.05) is 29.4 Å². The Morgan fingerprint density at radius 3 is 3.05 bits per heavy atom. The first kappa shape index (κ1) is 16.1. The van der Waals surface area contributed by atoms with E-state index in [4.69, 9.17) is 16.3 Å². The van der Waals surface area contributed by atoms with Crippen molar-refractivity contribution in [2.75, 3.05) is 19.5 Å². The summed E-state index contributed by atoms with van der Waals surface area (Å²) in [7, 11) is 1.65. The molecule has 21 heavy (non-hydrogen) atoms. The van der Waals surface area contributed by atoms with Gasteiger partial charge >= 0.3 is 0 Å². The lowest BCUT2D eigenvalue weighted by Crippen LogP contribution is -2.24. The van der Waals surface area contributed by atoms with E-state index in [1.807, 2.05) is 0 Å². The smallest absolute Gasteiger partial charge is 0.262 e. The number of fused-ring (bicyclic) bond motifs is 1. The number of hydrogen-bond acceptors (Lipinski definition) is 4. The van der Waals surface area contributed by atoms with E-state index in [1.165, 1.54) is 11.8 Å². The van der Waals surface area contributed by atoms with Gasteiger partial charge in [0.25, 0.3) is 5.56 Å². The lowest BCUT2D eigenvalue weighted by Gasteiger charge is -2.12. The Kier molecular flexibility index (Phi) is 5.85. The van der Waals surface area contributed by atoms with E-state index in [-0.39, 0.29) is 5.56 Å².